The van der Waals surface area contributed by atoms with Crippen molar-refractivity contribution in [2.75, 3.05) is 4.90 Å². The Bertz CT molecular complexity index is 1630. The molecule has 1 unspecified atom stereocenters. The average Bonchev–Trinajstić information content (AvgIpc) is 3.42. The number of anilines is 1. The minimum Gasteiger partial charge on any atom is -0.508 e. The van der Waals surface area contributed by atoms with Gasteiger partial charge in [-0.25, -0.2) is 13.8 Å². The summed E-state index contributed by atoms with van der Waals surface area (Å²) in [6.45, 7) is 0. The van der Waals surface area contributed by atoms with E-state index in [0.717, 1.165) is 53.5 Å². The molecule has 1 saturated heterocycles. The lowest BCUT2D eigenvalue weighted by molar-refractivity contribution is -0.132. The molecule has 3 aromatic carbocycles. The molecule has 9 heteroatoms. The maximum Gasteiger partial charge on any atom is 0.301 e. The first-order valence-corrected chi connectivity index (χ1v) is 12.6. The van der Waals surface area contributed by atoms with Crippen molar-refractivity contribution < 1.29 is 28.6 Å². The summed E-state index contributed by atoms with van der Waals surface area (Å²) < 4.78 is 28.4. The lowest BCUT2D eigenvalue weighted by atomic mass is 9.89. The highest BCUT2D eigenvalue weighted by Gasteiger charge is 2.48. The van der Waals surface area contributed by atoms with Gasteiger partial charge in [0.25, 0.3) is 5.78 Å². The summed E-state index contributed by atoms with van der Waals surface area (Å²) in [5.41, 5.74) is 2.87. The predicted octanol–water partition coefficient (Wildman–Crippen LogP) is 5.79. The molecule has 0 spiro atoms. The number of aromatic nitrogens is 1. The number of fused-ring (bicyclic) bond motifs is 2. The molecule has 1 aliphatic heterocycles. The van der Waals surface area contributed by atoms with Crippen LogP contribution in [0.4, 0.5) is 13.9 Å². The van der Waals surface area contributed by atoms with Crippen LogP contribution in [-0.2, 0) is 22.4 Å². The van der Waals surface area contributed by atoms with Crippen molar-refractivity contribution in [3.63, 3.8) is 0 Å². The number of carbonyl (C=O) groups is 2. The normalized spacial score (nSPS) is 19.0. The van der Waals surface area contributed by atoms with Gasteiger partial charge in [-0.05, 0) is 66.6 Å². The second kappa shape index (κ2) is 8.77. The Kier molecular flexibility index (Phi) is 5.52. The van der Waals surface area contributed by atoms with Gasteiger partial charge in [-0.1, -0.05) is 35.6 Å². The van der Waals surface area contributed by atoms with E-state index < -0.39 is 29.4 Å². The molecule has 1 aliphatic carbocycles. The van der Waals surface area contributed by atoms with Crippen molar-refractivity contribution in [3.8, 4) is 5.75 Å². The van der Waals surface area contributed by atoms with Crippen LogP contribution in [0, 0.1) is 11.6 Å². The second-order valence-electron chi connectivity index (χ2n) is 9.18. The molecule has 37 heavy (non-hydrogen) atoms. The number of benzene rings is 3. The SMILES string of the molecule is O=C1C(=O)N(c2nc3c(F)cc(F)cc3s2)C(c2ccc(O)cc2)/C1=C(\O)c1ccc2c(c1)CCCC2. The van der Waals surface area contributed by atoms with E-state index in [0.29, 0.717) is 17.2 Å². The van der Waals surface area contributed by atoms with Crippen LogP contribution in [0.3, 0.4) is 0 Å². The largest absolute Gasteiger partial charge is 0.508 e. The maximum absolute atomic E-state index is 14.4. The lowest BCUT2D eigenvalue weighted by Gasteiger charge is -2.23. The topological polar surface area (TPSA) is 90.7 Å². The minimum absolute atomic E-state index is 0.0100. The number of hydrogen-bond acceptors (Lipinski definition) is 6. The minimum atomic E-state index is -1.09. The van der Waals surface area contributed by atoms with Crippen molar-refractivity contribution in [1.29, 1.82) is 0 Å². The number of ketones is 1. The molecule has 1 fully saturated rings. The van der Waals surface area contributed by atoms with Crippen molar-refractivity contribution in [2.45, 2.75) is 31.7 Å². The lowest BCUT2D eigenvalue weighted by Crippen LogP contribution is -2.29. The molecule has 2 N–H and O–H groups in total. The summed E-state index contributed by atoms with van der Waals surface area (Å²) >= 11 is 0.867. The van der Waals surface area contributed by atoms with Crippen molar-refractivity contribution in [1.82, 2.24) is 4.98 Å². The van der Waals surface area contributed by atoms with Crippen LogP contribution in [0.1, 0.15) is 41.1 Å². The number of aryl methyl sites for hydroxylation is 2. The van der Waals surface area contributed by atoms with Crippen LogP contribution in [0.5, 0.6) is 5.75 Å². The number of nitrogens with zero attached hydrogens (tertiary/aromatic N) is 2. The Hall–Kier alpha value is -4.11. The Balaban J connectivity index is 1.55. The second-order valence-corrected chi connectivity index (χ2v) is 10.2. The highest BCUT2D eigenvalue weighted by molar-refractivity contribution is 7.22. The van der Waals surface area contributed by atoms with Gasteiger partial charge in [0.05, 0.1) is 16.3 Å². The average molecular weight is 519 g/mol. The molecule has 1 aromatic heterocycles. The van der Waals surface area contributed by atoms with Crippen molar-refractivity contribution in [3.05, 3.63) is 94.1 Å². The zero-order valence-electron chi connectivity index (χ0n) is 19.4. The highest BCUT2D eigenvalue weighted by Crippen LogP contribution is 2.45. The van der Waals surface area contributed by atoms with E-state index in [2.05, 4.69) is 4.98 Å². The third-order valence-electron chi connectivity index (χ3n) is 6.88. The number of phenolic OH excluding ortho intramolecular Hbond substituents is 1. The number of amides is 1. The number of hydrogen-bond donors (Lipinski definition) is 2. The molecular weight excluding hydrogens is 498 g/mol. The van der Waals surface area contributed by atoms with E-state index in [4.69, 9.17) is 0 Å². The van der Waals surface area contributed by atoms with Crippen LogP contribution in [0.15, 0.2) is 60.2 Å². The molecule has 186 valence electrons. The molecule has 4 aromatic rings. The summed E-state index contributed by atoms with van der Waals surface area (Å²) in [6, 6.07) is 12.1. The van der Waals surface area contributed by atoms with E-state index in [-0.39, 0.29) is 32.4 Å². The monoisotopic (exact) mass is 518 g/mol. The number of rotatable bonds is 3. The highest BCUT2D eigenvalue weighted by atomic mass is 32.1. The number of Topliss-reactive ketones (excluding diaryl/α,β-unsaturated/α-hetero) is 1. The van der Waals surface area contributed by atoms with E-state index in [9.17, 15) is 28.6 Å². The molecule has 0 bridgehead atoms. The standard InChI is InChI=1S/C28H20F2N2O4S/c29-18-12-20(30)23-21(13-18)37-28(31-23)32-24(15-7-9-19(33)10-8-15)22(26(35)27(32)36)25(34)17-6-5-14-3-1-2-4-16(14)11-17/h5-13,24,33-34H,1-4H2/b25-22+. The quantitative estimate of drug-likeness (QED) is 0.204. The first-order chi connectivity index (χ1) is 17.8. The molecule has 0 saturated carbocycles. The Morgan fingerprint density at radius 2 is 1.70 bits per heavy atom. The van der Waals surface area contributed by atoms with Crippen LogP contribution >= 0.6 is 11.3 Å². The number of aliphatic hydroxyl groups is 1. The molecule has 6 nitrogen and oxygen atoms in total. The van der Waals surface area contributed by atoms with Gasteiger partial charge in [-0.15, -0.1) is 0 Å². The van der Waals surface area contributed by atoms with E-state index in [1.807, 2.05) is 12.1 Å². The number of phenols is 1. The molecular formula is C28H20F2N2O4S. The Morgan fingerprint density at radius 1 is 0.973 bits per heavy atom. The first-order valence-electron chi connectivity index (χ1n) is 11.8. The molecule has 1 amide bonds. The summed E-state index contributed by atoms with van der Waals surface area (Å²) in [6.07, 6.45) is 3.93. The third-order valence-corrected chi connectivity index (χ3v) is 7.88. The van der Waals surface area contributed by atoms with E-state index >= 15 is 0 Å². The van der Waals surface area contributed by atoms with Gasteiger partial charge in [-0.2, -0.15) is 0 Å². The number of aromatic hydroxyl groups is 1. The number of thiazole rings is 1. The fourth-order valence-electron chi connectivity index (χ4n) is 5.09. The zero-order chi connectivity index (χ0) is 25.8. The smallest absolute Gasteiger partial charge is 0.301 e. The Morgan fingerprint density at radius 3 is 2.46 bits per heavy atom. The summed E-state index contributed by atoms with van der Waals surface area (Å²) in [5.74, 6) is -3.88. The predicted molar refractivity (Wildman–Crippen MR) is 136 cm³/mol. The zero-order valence-corrected chi connectivity index (χ0v) is 20.2. The maximum atomic E-state index is 14.4. The van der Waals surface area contributed by atoms with Crippen molar-refractivity contribution >= 4 is 44.1 Å². The fraction of sp³-hybridized carbons (Fsp3) is 0.179. The molecule has 1 atom stereocenters. The molecule has 0 radical (unpaired) electrons. The summed E-state index contributed by atoms with van der Waals surface area (Å²) in [7, 11) is 0. The van der Waals surface area contributed by atoms with Gasteiger partial charge in [-0.3, -0.25) is 14.5 Å². The Labute approximate surface area is 214 Å². The molecule has 2 heterocycles. The van der Waals surface area contributed by atoms with Crippen LogP contribution in [-0.4, -0.2) is 26.9 Å². The van der Waals surface area contributed by atoms with E-state index in [1.165, 1.54) is 29.8 Å². The summed E-state index contributed by atoms with van der Waals surface area (Å²) in [5, 5.41) is 21.2. The van der Waals surface area contributed by atoms with Gasteiger partial charge < -0.3 is 10.2 Å². The number of carbonyl (C=O) groups excluding carboxylic acids is 2. The van der Waals surface area contributed by atoms with Crippen molar-refractivity contribution in [2.24, 2.45) is 0 Å². The van der Waals surface area contributed by atoms with E-state index in [1.54, 1.807) is 6.07 Å². The van der Waals surface area contributed by atoms with Gasteiger partial charge >= 0.3 is 5.91 Å². The summed E-state index contributed by atoms with van der Waals surface area (Å²) in [4.78, 5) is 32.0. The van der Waals surface area contributed by atoms with Gasteiger partial charge in [0.2, 0.25) is 0 Å². The molecule has 6 rings (SSSR count). The molecule has 2 aliphatic rings. The number of halogens is 2. The van der Waals surface area contributed by atoms with Gasteiger partial charge in [0, 0.05) is 11.6 Å². The first kappa shape index (κ1) is 23.3. The van der Waals surface area contributed by atoms with Crippen LogP contribution in [0.25, 0.3) is 16.0 Å². The number of aliphatic hydroxyl groups excluding tert-OH is 1. The fourth-order valence-corrected chi connectivity index (χ4v) is 6.12. The van der Waals surface area contributed by atoms with Crippen LogP contribution in [0.2, 0.25) is 0 Å². The third kappa shape index (κ3) is 3.86. The van der Waals surface area contributed by atoms with Gasteiger partial charge in [0.15, 0.2) is 10.9 Å². The van der Waals surface area contributed by atoms with Gasteiger partial charge in [0.1, 0.15) is 22.8 Å². The van der Waals surface area contributed by atoms with Crippen LogP contribution < -0.4 is 4.90 Å².